The molecule has 1 N–H and O–H groups in total. The van der Waals surface area contributed by atoms with Crippen LogP contribution in [0.5, 0.6) is 0 Å². The van der Waals surface area contributed by atoms with Gasteiger partial charge in [-0.05, 0) is 49.6 Å². The molecule has 122 valence electrons. The van der Waals surface area contributed by atoms with Crippen molar-refractivity contribution < 1.29 is 0 Å². The first-order valence-corrected chi connectivity index (χ1v) is 8.45. The summed E-state index contributed by atoms with van der Waals surface area (Å²) in [5.41, 5.74) is 7.73. The second kappa shape index (κ2) is 5.41. The Hall–Kier alpha value is -3.21. The quantitative estimate of drug-likeness (QED) is 0.733. The van der Waals surface area contributed by atoms with Crippen molar-refractivity contribution in [3.63, 3.8) is 0 Å². The number of rotatable bonds is 1. The maximum Gasteiger partial charge on any atom is 0.153 e. The topological polar surface area (TPSA) is 55.1 Å². The number of para-hydroxylation sites is 2. The van der Waals surface area contributed by atoms with Crippen molar-refractivity contribution in [1.29, 1.82) is 0 Å². The molecular weight excluding hydrogens is 310 g/mol. The second-order valence-electron chi connectivity index (χ2n) is 6.31. The van der Waals surface area contributed by atoms with Gasteiger partial charge in [0.1, 0.15) is 0 Å². The Bertz CT molecular complexity index is 1030. The molecule has 1 aromatic carbocycles. The second-order valence-corrected chi connectivity index (χ2v) is 6.31. The molecular formula is C20H17N5. The number of aliphatic imine (C=N–C) groups is 1. The zero-order valence-electron chi connectivity index (χ0n) is 13.9. The van der Waals surface area contributed by atoms with Crippen LogP contribution in [0.2, 0.25) is 0 Å². The van der Waals surface area contributed by atoms with E-state index in [0.717, 1.165) is 41.4 Å². The van der Waals surface area contributed by atoms with Gasteiger partial charge in [0.05, 0.1) is 28.5 Å². The molecule has 1 aliphatic heterocycles. The molecule has 1 aliphatic carbocycles. The lowest BCUT2D eigenvalue weighted by Gasteiger charge is -2.20. The minimum Gasteiger partial charge on any atom is -0.353 e. The zero-order chi connectivity index (χ0) is 16.8. The highest BCUT2D eigenvalue weighted by atomic mass is 15.3. The Morgan fingerprint density at radius 1 is 1.04 bits per heavy atom. The van der Waals surface area contributed by atoms with Crippen molar-refractivity contribution in [2.45, 2.75) is 19.8 Å². The molecule has 2 aromatic heterocycles. The minimum absolute atomic E-state index is 0.860. The Morgan fingerprint density at radius 3 is 2.80 bits per heavy atom. The van der Waals surface area contributed by atoms with Crippen LogP contribution in [-0.2, 0) is 6.42 Å². The van der Waals surface area contributed by atoms with Gasteiger partial charge in [-0.2, -0.15) is 5.10 Å². The van der Waals surface area contributed by atoms with Gasteiger partial charge in [0.2, 0.25) is 0 Å². The van der Waals surface area contributed by atoms with Gasteiger partial charge >= 0.3 is 0 Å². The van der Waals surface area contributed by atoms with Crippen LogP contribution in [0.3, 0.4) is 0 Å². The van der Waals surface area contributed by atoms with Gasteiger partial charge in [-0.3, -0.25) is 4.99 Å². The van der Waals surface area contributed by atoms with E-state index >= 15 is 0 Å². The predicted octanol–water partition coefficient (Wildman–Crippen LogP) is 4.06. The third-order valence-electron chi connectivity index (χ3n) is 4.75. The van der Waals surface area contributed by atoms with Crippen LogP contribution >= 0.6 is 0 Å². The van der Waals surface area contributed by atoms with Crippen molar-refractivity contribution in [2.75, 3.05) is 5.32 Å². The monoisotopic (exact) mass is 327 g/mol. The Labute approximate surface area is 145 Å². The molecule has 0 unspecified atom stereocenters. The first-order chi connectivity index (χ1) is 12.3. The molecule has 0 radical (unpaired) electrons. The van der Waals surface area contributed by atoms with Gasteiger partial charge in [0, 0.05) is 18.0 Å². The molecule has 0 amide bonds. The van der Waals surface area contributed by atoms with Crippen LogP contribution in [0.4, 0.5) is 11.4 Å². The predicted molar refractivity (Wildman–Crippen MR) is 99.6 cm³/mol. The summed E-state index contributed by atoms with van der Waals surface area (Å²) >= 11 is 0. The van der Waals surface area contributed by atoms with Crippen LogP contribution in [-0.4, -0.2) is 21.0 Å². The van der Waals surface area contributed by atoms with E-state index in [1.54, 1.807) is 6.20 Å². The van der Waals surface area contributed by atoms with E-state index in [2.05, 4.69) is 28.3 Å². The summed E-state index contributed by atoms with van der Waals surface area (Å²) in [4.78, 5) is 9.12. The van der Waals surface area contributed by atoms with E-state index in [1.165, 1.54) is 16.8 Å². The average Bonchev–Trinajstić information content (AvgIpc) is 2.88. The summed E-state index contributed by atoms with van der Waals surface area (Å²) in [5.74, 6) is 0.860. The molecule has 5 nitrogen and oxygen atoms in total. The van der Waals surface area contributed by atoms with Gasteiger partial charge in [0.25, 0.3) is 0 Å². The highest BCUT2D eigenvalue weighted by molar-refractivity contribution is 6.01. The lowest BCUT2D eigenvalue weighted by atomic mass is 9.93. The largest absolute Gasteiger partial charge is 0.353 e. The van der Waals surface area contributed by atoms with Gasteiger partial charge in [0.15, 0.2) is 5.82 Å². The van der Waals surface area contributed by atoms with E-state index < -0.39 is 0 Å². The summed E-state index contributed by atoms with van der Waals surface area (Å²) in [6.07, 6.45) is 5.66. The maximum atomic E-state index is 4.78. The van der Waals surface area contributed by atoms with Crippen molar-refractivity contribution in [3.05, 3.63) is 71.2 Å². The standard InChI is InChI=1S/C20H17N5/c1-13-19-17(25(24-13)18-8-4-5-11-21-18)10-9-14-12-22-15-6-2-3-7-16(15)23-20(14)19/h2-8,11-12,23H,9-10H2,1H3. The van der Waals surface area contributed by atoms with E-state index in [4.69, 9.17) is 5.10 Å². The van der Waals surface area contributed by atoms with E-state index in [1.807, 2.05) is 47.3 Å². The van der Waals surface area contributed by atoms with Crippen molar-refractivity contribution in [1.82, 2.24) is 14.8 Å². The fourth-order valence-electron chi connectivity index (χ4n) is 3.58. The normalized spacial score (nSPS) is 15.1. The van der Waals surface area contributed by atoms with Crippen molar-refractivity contribution in [2.24, 2.45) is 4.99 Å². The van der Waals surface area contributed by atoms with Crippen LogP contribution in [0.15, 0.2) is 59.2 Å². The molecule has 3 aromatic rings. The lowest BCUT2D eigenvalue weighted by molar-refractivity contribution is 0.759. The molecule has 0 spiro atoms. The van der Waals surface area contributed by atoms with Crippen molar-refractivity contribution >= 4 is 23.3 Å². The molecule has 2 aliphatic rings. The number of aromatic nitrogens is 3. The maximum absolute atomic E-state index is 4.78. The zero-order valence-corrected chi connectivity index (χ0v) is 13.9. The van der Waals surface area contributed by atoms with Crippen LogP contribution in [0.25, 0.3) is 11.5 Å². The first-order valence-electron chi connectivity index (χ1n) is 8.45. The van der Waals surface area contributed by atoms with Gasteiger partial charge in [-0.1, -0.05) is 18.2 Å². The number of hydrogen-bond donors (Lipinski definition) is 1. The number of hydrogen-bond acceptors (Lipinski definition) is 4. The summed E-state index contributed by atoms with van der Waals surface area (Å²) in [5, 5.41) is 8.38. The lowest BCUT2D eigenvalue weighted by Crippen LogP contribution is -2.13. The van der Waals surface area contributed by atoms with Gasteiger partial charge < -0.3 is 5.32 Å². The number of allylic oxidation sites excluding steroid dienone is 1. The molecule has 0 fully saturated rings. The SMILES string of the molecule is Cc1nn(-c2ccccn2)c2c1C1=C(C=Nc3ccccc3N1)CC2. The third-order valence-corrected chi connectivity index (χ3v) is 4.75. The van der Waals surface area contributed by atoms with Gasteiger partial charge in [-0.15, -0.1) is 0 Å². The Balaban J connectivity index is 1.68. The van der Waals surface area contributed by atoms with Crippen LogP contribution in [0, 0.1) is 6.92 Å². The fraction of sp³-hybridized carbons (Fsp3) is 0.150. The molecule has 25 heavy (non-hydrogen) atoms. The summed E-state index contributed by atoms with van der Waals surface area (Å²) in [6, 6.07) is 14.0. The van der Waals surface area contributed by atoms with E-state index in [-0.39, 0.29) is 0 Å². The highest BCUT2D eigenvalue weighted by Crippen LogP contribution is 2.38. The fourth-order valence-corrected chi connectivity index (χ4v) is 3.58. The van der Waals surface area contributed by atoms with Crippen molar-refractivity contribution in [3.8, 4) is 5.82 Å². The number of aryl methyl sites for hydroxylation is 1. The van der Waals surface area contributed by atoms with E-state index in [0.29, 0.717) is 0 Å². The summed E-state index contributed by atoms with van der Waals surface area (Å²) < 4.78 is 1.98. The van der Waals surface area contributed by atoms with Gasteiger partial charge in [-0.25, -0.2) is 9.67 Å². The number of benzene rings is 1. The number of nitrogens with zero attached hydrogens (tertiary/aromatic N) is 4. The first kappa shape index (κ1) is 14.2. The molecule has 3 heterocycles. The molecule has 0 bridgehead atoms. The molecule has 0 saturated heterocycles. The smallest absolute Gasteiger partial charge is 0.153 e. The van der Waals surface area contributed by atoms with Crippen LogP contribution in [0.1, 0.15) is 23.4 Å². The third kappa shape index (κ3) is 2.20. The Morgan fingerprint density at radius 2 is 1.92 bits per heavy atom. The number of pyridine rings is 1. The summed E-state index contributed by atoms with van der Waals surface area (Å²) in [7, 11) is 0. The molecule has 5 rings (SSSR count). The highest BCUT2D eigenvalue weighted by Gasteiger charge is 2.27. The van der Waals surface area contributed by atoms with Crippen LogP contribution < -0.4 is 5.32 Å². The summed E-state index contributed by atoms with van der Waals surface area (Å²) in [6.45, 7) is 2.06. The molecule has 0 atom stereocenters. The Kier molecular flexibility index (Phi) is 3.06. The average molecular weight is 327 g/mol. The molecule has 5 heteroatoms. The van der Waals surface area contributed by atoms with E-state index in [9.17, 15) is 0 Å². The molecule has 0 saturated carbocycles. The minimum atomic E-state index is 0.860. The number of anilines is 1. The number of fused-ring (bicyclic) bond motifs is 3. The number of nitrogens with one attached hydrogen (secondary N) is 1.